The second kappa shape index (κ2) is 12.6. The molecule has 7 nitrogen and oxygen atoms in total. The van der Waals surface area contributed by atoms with E-state index in [0.29, 0.717) is 39.0 Å². The Morgan fingerprint density at radius 2 is 1.85 bits per heavy atom. The van der Waals surface area contributed by atoms with Gasteiger partial charge in [-0.2, -0.15) is 0 Å². The Kier molecular flexibility index (Phi) is 9.65. The van der Waals surface area contributed by atoms with Gasteiger partial charge in [-0.1, -0.05) is 72.3 Å². The van der Waals surface area contributed by atoms with Crippen LogP contribution in [0.3, 0.4) is 0 Å². The van der Waals surface area contributed by atoms with Crippen LogP contribution in [0.15, 0.2) is 55.6 Å². The number of likely N-dealkylation sites (tertiary alicyclic amines) is 1. The molecule has 39 heavy (non-hydrogen) atoms. The number of carbonyl (C=O) groups excluding carboxylic acids is 3. The Hall–Kier alpha value is -2.10. The molecular weight excluding hydrogens is 578 g/mol. The number of rotatable bonds is 13. The number of hydrogen-bond acceptors (Lipinski definition) is 5. The molecule has 3 unspecified atom stereocenters. The fourth-order valence-corrected chi connectivity index (χ4v) is 10.3. The predicted octanol–water partition coefficient (Wildman–Crippen LogP) is 3.86. The lowest BCUT2D eigenvalue weighted by Gasteiger charge is -2.40. The van der Waals surface area contributed by atoms with Crippen LogP contribution in [0.4, 0.5) is 0 Å². The lowest BCUT2D eigenvalue weighted by molar-refractivity contribution is -0.147. The molecule has 1 aromatic rings. The summed E-state index contributed by atoms with van der Waals surface area (Å²) in [6.07, 6.45) is 5.35. The molecule has 0 aromatic heterocycles. The summed E-state index contributed by atoms with van der Waals surface area (Å²) >= 11 is 5.47. The first kappa shape index (κ1) is 29.9. The number of fused-ring (bicyclic) bond motifs is 1. The molecular formula is C30H40BrN3O4S. The molecule has 3 heterocycles. The van der Waals surface area contributed by atoms with E-state index in [2.05, 4.69) is 29.1 Å². The van der Waals surface area contributed by atoms with Crippen LogP contribution < -0.4 is 0 Å². The van der Waals surface area contributed by atoms with Gasteiger partial charge in [-0.3, -0.25) is 14.4 Å². The number of halogens is 1. The predicted molar refractivity (Wildman–Crippen MR) is 159 cm³/mol. The van der Waals surface area contributed by atoms with Crippen LogP contribution in [0.5, 0.6) is 0 Å². The zero-order valence-corrected chi connectivity index (χ0v) is 25.3. The summed E-state index contributed by atoms with van der Waals surface area (Å²) in [6, 6.07) is 8.50. The highest BCUT2D eigenvalue weighted by Gasteiger charge is 2.76. The van der Waals surface area contributed by atoms with Crippen molar-refractivity contribution < 1.29 is 19.5 Å². The monoisotopic (exact) mass is 617 g/mol. The molecule has 4 rings (SSSR count). The van der Waals surface area contributed by atoms with Gasteiger partial charge in [0.15, 0.2) is 0 Å². The highest BCUT2D eigenvalue weighted by Crippen LogP contribution is 2.68. The molecule has 1 aromatic carbocycles. The third-order valence-corrected chi connectivity index (χ3v) is 11.6. The van der Waals surface area contributed by atoms with Crippen molar-refractivity contribution >= 4 is 45.4 Å². The maximum atomic E-state index is 14.5. The average Bonchev–Trinajstić information content (AvgIpc) is 3.52. The summed E-state index contributed by atoms with van der Waals surface area (Å²) in [5.41, 5.74) is 0.987. The molecule has 3 fully saturated rings. The van der Waals surface area contributed by atoms with Gasteiger partial charge in [-0.25, -0.2) is 0 Å². The van der Waals surface area contributed by atoms with Crippen molar-refractivity contribution in [3.63, 3.8) is 0 Å². The van der Waals surface area contributed by atoms with Gasteiger partial charge in [-0.15, -0.1) is 24.9 Å². The van der Waals surface area contributed by atoms with Gasteiger partial charge in [0.25, 0.3) is 0 Å². The number of carbonyl (C=O) groups is 3. The summed E-state index contributed by atoms with van der Waals surface area (Å²) in [6.45, 7) is 13.1. The van der Waals surface area contributed by atoms with Crippen LogP contribution in [0.2, 0.25) is 0 Å². The fraction of sp³-hybridized carbons (Fsp3) is 0.567. The topological polar surface area (TPSA) is 81.2 Å². The van der Waals surface area contributed by atoms with E-state index >= 15 is 0 Å². The number of thioether (sulfide) groups is 1. The molecule has 3 amide bonds. The molecule has 0 aliphatic carbocycles. The van der Waals surface area contributed by atoms with Crippen LogP contribution in [-0.4, -0.2) is 90.7 Å². The number of amides is 3. The molecule has 2 bridgehead atoms. The van der Waals surface area contributed by atoms with E-state index in [-0.39, 0.29) is 34.4 Å². The normalized spacial score (nSPS) is 29.7. The van der Waals surface area contributed by atoms with Gasteiger partial charge >= 0.3 is 0 Å². The van der Waals surface area contributed by atoms with Crippen molar-refractivity contribution in [2.45, 2.75) is 66.6 Å². The molecule has 9 heteroatoms. The van der Waals surface area contributed by atoms with Crippen molar-refractivity contribution in [1.29, 1.82) is 0 Å². The van der Waals surface area contributed by atoms with Crippen molar-refractivity contribution in [2.75, 3.05) is 26.2 Å². The number of hydrogen-bond donors (Lipinski definition) is 1. The fourth-order valence-electron chi connectivity index (χ4n) is 6.73. The molecule has 0 radical (unpaired) electrons. The van der Waals surface area contributed by atoms with Crippen LogP contribution >= 0.6 is 27.7 Å². The van der Waals surface area contributed by atoms with Crippen LogP contribution in [-0.2, 0) is 20.9 Å². The number of aliphatic hydroxyl groups excluding tert-OH is 1. The number of benzene rings is 1. The summed E-state index contributed by atoms with van der Waals surface area (Å²) in [5.74, 6) is -1.54. The van der Waals surface area contributed by atoms with Crippen LogP contribution in [0.25, 0.3) is 0 Å². The van der Waals surface area contributed by atoms with E-state index in [1.54, 1.807) is 38.6 Å². The minimum Gasteiger partial charge on any atom is -0.394 e. The van der Waals surface area contributed by atoms with Crippen molar-refractivity contribution in [3.05, 3.63) is 61.2 Å². The maximum Gasteiger partial charge on any atom is 0.247 e. The largest absolute Gasteiger partial charge is 0.394 e. The quantitative estimate of drug-likeness (QED) is 0.268. The molecule has 3 aliphatic heterocycles. The van der Waals surface area contributed by atoms with Gasteiger partial charge in [0, 0.05) is 36.3 Å². The highest BCUT2D eigenvalue weighted by molar-refractivity contribution is 9.09. The lowest BCUT2D eigenvalue weighted by Crippen LogP contribution is -2.57. The summed E-state index contributed by atoms with van der Waals surface area (Å²) in [4.78, 5) is 48.1. The molecule has 212 valence electrons. The van der Waals surface area contributed by atoms with Gasteiger partial charge in [0.05, 0.1) is 29.2 Å². The second-order valence-corrected chi connectivity index (χ2v) is 13.4. The summed E-state index contributed by atoms with van der Waals surface area (Å²) in [7, 11) is 0. The second-order valence-electron chi connectivity index (χ2n) is 10.7. The zero-order chi connectivity index (χ0) is 28.3. The van der Waals surface area contributed by atoms with E-state index in [4.69, 9.17) is 0 Å². The minimum absolute atomic E-state index is 0.000798. The molecule has 0 saturated carbocycles. The zero-order valence-electron chi connectivity index (χ0n) is 22.9. The number of nitrogens with zero attached hydrogens (tertiary/aromatic N) is 3. The van der Waals surface area contributed by atoms with E-state index in [1.807, 2.05) is 44.2 Å². The molecule has 3 aliphatic rings. The van der Waals surface area contributed by atoms with Gasteiger partial charge in [0.2, 0.25) is 17.7 Å². The van der Waals surface area contributed by atoms with Gasteiger partial charge in [0.1, 0.15) is 6.04 Å². The Bertz CT molecular complexity index is 1080. The lowest BCUT2D eigenvalue weighted by atomic mass is 9.70. The Morgan fingerprint density at radius 1 is 1.18 bits per heavy atom. The molecule has 3 saturated heterocycles. The first-order valence-electron chi connectivity index (χ1n) is 13.9. The first-order chi connectivity index (χ1) is 18.8. The van der Waals surface area contributed by atoms with Crippen molar-refractivity contribution in [1.82, 2.24) is 14.7 Å². The van der Waals surface area contributed by atoms with Crippen molar-refractivity contribution in [2.24, 2.45) is 11.8 Å². The van der Waals surface area contributed by atoms with Gasteiger partial charge < -0.3 is 19.8 Å². The molecule has 1 N–H and O–H groups in total. The van der Waals surface area contributed by atoms with E-state index in [9.17, 15) is 19.5 Å². The van der Waals surface area contributed by atoms with E-state index in [0.717, 1.165) is 12.0 Å². The minimum atomic E-state index is -0.775. The van der Waals surface area contributed by atoms with Gasteiger partial charge in [-0.05, 0) is 24.8 Å². The van der Waals surface area contributed by atoms with E-state index < -0.39 is 28.7 Å². The molecule has 7 atom stereocenters. The number of aliphatic hydroxyl groups is 1. The first-order valence-corrected chi connectivity index (χ1v) is 15.7. The summed E-state index contributed by atoms with van der Waals surface area (Å²) < 4.78 is -0.752. The Labute approximate surface area is 244 Å². The summed E-state index contributed by atoms with van der Waals surface area (Å²) in [5, 5.41) is 10.2. The third kappa shape index (κ3) is 5.22. The standard InChI is InChI=1S/C30H40BrN3O4S/c1-5-14-32(15-6-2)27(36)23-24-28(37)34(21(8-4)19-35)26(30(24)17-22(31)25(23)39-30)29(38)33(16-7-3)18-20-12-10-9-11-13-20/h5,7,9-13,21-26,35H,1,3,6,8,14-19H2,2,4H3/t21-,22?,23-,24-,25-,26?,30?/m0/s1. The Balaban J connectivity index is 1.78. The highest BCUT2D eigenvalue weighted by atomic mass is 79.9. The van der Waals surface area contributed by atoms with E-state index in [1.165, 1.54) is 0 Å². The number of alkyl halides is 1. The Morgan fingerprint density at radius 3 is 2.44 bits per heavy atom. The van der Waals surface area contributed by atoms with Crippen molar-refractivity contribution in [3.8, 4) is 0 Å². The smallest absolute Gasteiger partial charge is 0.247 e. The maximum absolute atomic E-state index is 14.5. The van der Waals surface area contributed by atoms with Crippen LogP contribution in [0.1, 0.15) is 38.7 Å². The average molecular weight is 619 g/mol. The van der Waals surface area contributed by atoms with Crippen LogP contribution in [0, 0.1) is 11.8 Å². The third-order valence-electron chi connectivity index (χ3n) is 8.35. The molecule has 1 spiro atoms. The SMILES string of the molecule is C=CCN(Cc1ccccc1)C(=O)C1N([C@@H](CC)CO)C(=O)[C@@H]2[C@H](C(=O)N(CC=C)CCC)[C@H]3SC12CC3Br.